The maximum absolute atomic E-state index is 13.1. The molecule has 0 fully saturated rings. The molecular formula is C25H32N8O6S. The Morgan fingerprint density at radius 1 is 0.950 bits per heavy atom. The predicted molar refractivity (Wildman–Crippen MR) is 148 cm³/mol. The van der Waals surface area contributed by atoms with Crippen LogP contribution in [-0.2, 0) is 36.8 Å². The van der Waals surface area contributed by atoms with Crippen molar-refractivity contribution in [2.75, 3.05) is 5.75 Å². The summed E-state index contributed by atoms with van der Waals surface area (Å²) in [4.78, 5) is 71.8. The van der Waals surface area contributed by atoms with Gasteiger partial charge in [-0.25, -0.2) is 9.78 Å². The number of thiol groups is 1. The number of carboxylic acids is 1. The van der Waals surface area contributed by atoms with E-state index in [0.29, 0.717) is 11.3 Å². The molecule has 1 aromatic carbocycles. The van der Waals surface area contributed by atoms with Crippen LogP contribution in [0.4, 0.5) is 0 Å². The number of imidazole rings is 1. The van der Waals surface area contributed by atoms with Crippen LogP contribution in [0.1, 0.15) is 24.1 Å². The van der Waals surface area contributed by atoms with E-state index in [1.807, 2.05) is 24.3 Å². The van der Waals surface area contributed by atoms with Crippen molar-refractivity contribution in [1.82, 2.24) is 30.9 Å². The molecule has 3 aromatic rings. The number of nitrogens with two attached hydrogens (primary N) is 2. The average molecular weight is 573 g/mol. The van der Waals surface area contributed by atoms with E-state index in [1.165, 1.54) is 12.5 Å². The fourth-order valence-corrected chi connectivity index (χ4v) is 4.28. The minimum Gasteiger partial charge on any atom is -0.480 e. The number of carbonyl (C=O) groups excluding carboxylic acids is 4. The van der Waals surface area contributed by atoms with E-state index < -0.39 is 53.8 Å². The molecule has 0 spiro atoms. The smallest absolute Gasteiger partial charge is 0.326 e. The van der Waals surface area contributed by atoms with E-state index in [2.05, 4.69) is 43.5 Å². The highest BCUT2D eigenvalue weighted by Crippen LogP contribution is 2.19. The molecule has 0 saturated heterocycles. The second kappa shape index (κ2) is 14.1. The molecule has 10 N–H and O–H groups in total. The maximum atomic E-state index is 13.1. The summed E-state index contributed by atoms with van der Waals surface area (Å²) in [6, 6.07) is 2.49. The molecule has 0 saturated carbocycles. The van der Waals surface area contributed by atoms with Crippen LogP contribution >= 0.6 is 12.6 Å². The summed E-state index contributed by atoms with van der Waals surface area (Å²) < 4.78 is 0. The van der Waals surface area contributed by atoms with Crippen molar-refractivity contribution < 1.29 is 29.1 Å². The molecule has 3 rings (SSSR count). The fourth-order valence-electron chi connectivity index (χ4n) is 4.02. The van der Waals surface area contributed by atoms with Crippen molar-refractivity contribution in [2.24, 2.45) is 11.5 Å². The number of primary amides is 1. The number of carbonyl (C=O) groups is 5. The number of benzene rings is 1. The summed E-state index contributed by atoms with van der Waals surface area (Å²) in [5.41, 5.74) is 13.3. The number of aliphatic carboxylic acids is 1. The number of amides is 4. The van der Waals surface area contributed by atoms with Gasteiger partial charge in [0, 0.05) is 54.0 Å². The molecule has 0 aliphatic rings. The van der Waals surface area contributed by atoms with Crippen LogP contribution in [0.5, 0.6) is 0 Å². The number of fused-ring (bicyclic) bond motifs is 1. The number of hydrogen-bond acceptors (Lipinski definition) is 8. The summed E-state index contributed by atoms with van der Waals surface area (Å²) in [7, 11) is 0. The zero-order valence-electron chi connectivity index (χ0n) is 21.4. The highest BCUT2D eigenvalue weighted by atomic mass is 32.1. The lowest BCUT2D eigenvalue weighted by Crippen LogP contribution is -2.58. The largest absolute Gasteiger partial charge is 0.480 e. The Bertz CT molecular complexity index is 1340. The van der Waals surface area contributed by atoms with Gasteiger partial charge < -0.3 is 42.5 Å². The number of para-hydroxylation sites is 1. The third-order valence-electron chi connectivity index (χ3n) is 6.17. The Morgan fingerprint density at radius 2 is 1.62 bits per heavy atom. The van der Waals surface area contributed by atoms with Crippen LogP contribution in [-0.4, -0.2) is 79.6 Å². The summed E-state index contributed by atoms with van der Waals surface area (Å²) in [6.45, 7) is 0. The standard InChI is InChI=1S/C25H32N8O6S/c26-16(8-14-10-28-12-30-14)22(35)33-20(11-40)24(37)31-18(5-6-21(27)34)23(36)32-19(25(38)39)7-13-9-29-17-4-2-1-3-15(13)17/h1-4,9-10,12,16,18-20,29,40H,5-8,11,26H2,(H2,27,34)(H,28,30)(H,31,37)(H,32,36)(H,33,35)(H,38,39). The zero-order chi connectivity index (χ0) is 29.2. The number of nitrogens with zero attached hydrogens (tertiary/aromatic N) is 1. The van der Waals surface area contributed by atoms with Crippen molar-refractivity contribution in [3.63, 3.8) is 0 Å². The summed E-state index contributed by atoms with van der Waals surface area (Å²) in [6.07, 6.45) is 4.27. The zero-order valence-corrected chi connectivity index (χ0v) is 22.3. The van der Waals surface area contributed by atoms with Gasteiger partial charge in [0.2, 0.25) is 23.6 Å². The number of nitrogens with one attached hydrogen (secondary N) is 5. The maximum Gasteiger partial charge on any atom is 0.326 e. The van der Waals surface area contributed by atoms with Gasteiger partial charge >= 0.3 is 5.97 Å². The molecule has 0 aliphatic carbocycles. The lowest BCUT2D eigenvalue weighted by Gasteiger charge is -2.24. The Hall–Kier alpha value is -4.37. The SMILES string of the molecule is NC(=O)CCC(NC(=O)C(CS)NC(=O)C(N)Cc1cnc[nH]1)C(=O)NC(Cc1c[nH]c2ccccc12)C(=O)O. The van der Waals surface area contributed by atoms with Crippen LogP contribution < -0.4 is 27.4 Å². The van der Waals surface area contributed by atoms with Crippen molar-refractivity contribution in [1.29, 1.82) is 0 Å². The third-order valence-corrected chi connectivity index (χ3v) is 6.54. The number of aromatic amines is 2. The first-order chi connectivity index (χ1) is 19.1. The normalized spacial score (nSPS) is 14.1. The molecule has 4 amide bonds. The molecule has 14 nitrogen and oxygen atoms in total. The molecule has 4 unspecified atom stereocenters. The molecule has 15 heteroatoms. The highest BCUT2D eigenvalue weighted by molar-refractivity contribution is 7.80. The first-order valence-electron chi connectivity index (χ1n) is 12.4. The molecule has 214 valence electrons. The van der Waals surface area contributed by atoms with Crippen molar-refractivity contribution >= 4 is 53.1 Å². The Kier molecular flexibility index (Phi) is 10.7. The monoisotopic (exact) mass is 572 g/mol. The minimum absolute atomic E-state index is 0.0366. The second-order valence-corrected chi connectivity index (χ2v) is 9.53. The van der Waals surface area contributed by atoms with Crippen LogP contribution in [0.3, 0.4) is 0 Å². The fraction of sp³-hybridized carbons (Fsp3) is 0.360. The van der Waals surface area contributed by atoms with Crippen molar-refractivity contribution in [3.8, 4) is 0 Å². The first-order valence-corrected chi connectivity index (χ1v) is 13.0. The molecule has 4 atom stereocenters. The Morgan fingerprint density at radius 3 is 2.27 bits per heavy atom. The van der Waals surface area contributed by atoms with E-state index in [9.17, 15) is 29.1 Å². The summed E-state index contributed by atoms with van der Waals surface area (Å²) in [5.74, 6) is -4.37. The lowest BCUT2D eigenvalue weighted by atomic mass is 10.0. The summed E-state index contributed by atoms with van der Waals surface area (Å²) in [5, 5.41) is 18.0. The van der Waals surface area contributed by atoms with E-state index in [4.69, 9.17) is 11.5 Å². The Labute approximate surface area is 234 Å². The van der Waals surface area contributed by atoms with Gasteiger partial charge in [0.05, 0.1) is 12.4 Å². The van der Waals surface area contributed by atoms with Crippen molar-refractivity contribution in [2.45, 2.75) is 49.9 Å². The number of H-pyrrole nitrogens is 2. The van der Waals surface area contributed by atoms with Gasteiger partial charge in [0.1, 0.15) is 18.1 Å². The lowest BCUT2D eigenvalue weighted by molar-refractivity contribution is -0.142. The van der Waals surface area contributed by atoms with E-state index in [1.54, 1.807) is 6.20 Å². The molecule has 40 heavy (non-hydrogen) atoms. The van der Waals surface area contributed by atoms with Crippen LogP contribution in [0.25, 0.3) is 10.9 Å². The first kappa shape index (κ1) is 30.2. The molecule has 0 aliphatic heterocycles. The number of aromatic nitrogens is 3. The molecule has 0 radical (unpaired) electrons. The van der Waals surface area contributed by atoms with Gasteiger partial charge in [0.25, 0.3) is 0 Å². The van der Waals surface area contributed by atoms with Gasteiger partial charge in [-0.1, -0.05) is 18.2 Å². The average Bonchev–Trinajstić information content (AvgIpc) is 3.58. The second-order valence-electron chi connectivity index (χ2n) is 9.16. The predicted octanol–water partition coefficient (Wildman–Crippen LogP) is -1.26. The quantitative estimate of drug-likeness (QED) is 0.0993. The highest BCUT2D eigenvalue weighted by Gasteiger charge is 2.30. The number of carboxylic acid groups (broad SMARTS) is 1. The molecule has 0 bridgehead atoms. The molecule has 2 heterocycles. The third kappa shape index (κ3) is 8.31. The topological polar surface area (TPSA) is 238 Å². The van der Waals surface area contributed by atoms with Crippen molar-refractivity contribution in [3.05, 3.63) is 54.2 Å². The Balaban J connectivity index is 1.67. The van der Waals surface area contributed by atoms with E-state index in [-0.39, 0.29) is 31.4 Å². The number of rotatable bonds is 15. The van der Waals surface area contributed by atoms with Gasteiger partial charge in [-0.2, -0.15) is 12.6 Å². The molecule has 2 aromatic heterocycles. The van der Waals surface area contributed by atoms with Gasteiger partial charge in [-0.15, -0.1) is 0 Å². The van der Waals surface area contributed by atoms with Crippen LogP contribution in [0, 0.1) is 0 Å². The molecular weight excluding hydrogens is 540 g/mol. The van der Waals surface area contributed by atoms with E-state index >= 15 is 0 Å². The minimum atomic E-state index is -1.33. The van der Waals surface area contributed by atoms with Crippen LogP contribution in [0.15, 0.2) is 43.0 Å². The summed E-state index contributed by atoms with van der Waals surface area (Å²) >= 11 is 4.12. The van der Waals surface area contributed by atoms with Gasteiger partial charge in [-0.3, -0.25) is 19.2 Å². The van der Waals surface area contributed by atoms with Gasteiger partial charge in [0.15, 0.2) is 0 Å². The van der Waals surface area contributed by atoms with Crippen LogP contribution in [0.2, 0.25) is 0 Å². The number of hydrogen-bond donors (Lipinski definition) is 9. The van der Waals surface area contributed by atoms with Gasteiger partial charge in [-0.05, 0) is 18.1 Å². The van der Waals surface area contributed by atoms with E-state index in [0.717, 1.165) is 10.9 Å².